The first-order valence-corrected chi connectivity index (χ1v) is 10.7. The van der Waals surface area contributed by atoms with Crippen molar-refractivity contribution in [2.75, 3.05) is 7.11 Å². The Labute approximate surface area is 197 Å². The van der Waals surface area contributed by atoms with E-state index in [-0.39, 0.29) is 40.1 Å². The second kappa shape index (κ2) is 10.2. The first-order valence-electron chi connectivity index (χ1n) is 10.7. The molecule has 1 unspecified atom stereocenters. The maximum absolute atomic E-state index is 13.2. The topological polar surface area (TPSA) is 129 Å². The molecule has 1 atom stereocenters. The average molecular weight is 469 g/mol. The summed E-state index contributed by atoms with van der Waals surface area (Å²) in [7, 11) is 1.36. The molecule has 3 rings (SSSR count). The predicted molar refractivity (Wildman–Crippen MR) is 124 cm³/mol. The minimum absolute atomic E-state index is 0.0370. The van der Waals surface area contributed by atoms with E-state index in [4.69, 9.17) is 14.2 Å². The molecule has 0 spiro atoms. The van der Waals surface area contributed by atoms with E-state index in [9.17, 15) is 19.7 Å². The molecule has 1 heterocycles. The zero-order chi connectivity index (χ0) is 25.0. The van der Waals surface area contributed by atoms with Crippen LogP contribution in [0.5, 0.6) is 11.5 Å². The summed E-state index contributed by atoms with van der Waals surface area (Å²) in [6.07, 6.45) is -0.779. The molecule has 10 nitrogen and oxygen atoms in total. The number of urea groups is 1. The van der Waals surface area contributed by atoms with Gasteiger partial charge in [-0.3, -0.25) is 10.1 Å². The van der Waals surface area contributed by atoms with Gasteiger partial charge in [0.05, 0.1) is 41.6 Å². The number of esters is 1. The summed E-state index contributed by atoms with van der Waals surface area (Å²) >= 11 is 0. The molecule has 0 aromatic heterocycles. The third kappa shape index (κ3) is 5.28. The lowest BCUT2D eigenvalue weighted by Crippen LogP contribution is -2.45. The van der Waals surface area contributed by atoms with Crippen molar-refractivity contribution in [1.82, 2.24) is 10.6 Å². The lowest BCUT2D eigenvalue weighted by atomic mass is 9.92. The summed E-state index contributed by atoms with van der Waals surface area (Å²) in [5.41, 5.74) is 0.851. The van der Waals surface area contributed by atoms with Crippen LogP contribution in [0.3, 0.4) is 0 Å². The van der Waals surface area contributed by atoms with Gasteiger partial charge in [0, 0.05) is 6.07 Å². The molecule has 2 aromatic carbocycles. The van der Waals surface area contributed by atoms with Crippen LogP contribution in [0.1, 0.15) is 44.9 Å². The maximum Gasteiger partial charge on any atom is 0.338 e. The van der Waals surface area contributed by atoms with Crippen LogP contribution < -0.4 is 20.1 Å². The number of benzene rings is 2. The maximum atomic E-state index is 13.2. The zero-order valence-corrected chi connectivity index (χ0v) is 19.6. The quantitative estimate of drug-likeness (QED) is 0.338. The number of hydrogen-bond donors (Lipinski definition) is 2. The number of carbonyl (C=O) groups is 2. The van der Waals surface area contributed by atoms with Crippen LogP contribution in [0, 0.1) is 10.1 Å². The third-order valence-electron chi connectivity index (χ3n) is 4.86. The predicted octanol–water partition coefficient (Wildman–Crippen LogP) is 4.11. The minimum Gasteiger partial charge on any atom is -0.493 e. The number of amides is 2. The number of hydrogen-bond acceptors (Lipinski definition) is 7. The largest absolute Gasteiger partial charge is 0.493 e. The van der Waals surface area contributed by atoms with E-state index < -0.39 is 29.1 Å². The summed E-state index contributed by atoms with van der Waals surface area (Å²) < 4.78 is 16.5. The minimum atomic E-state index is -1.05. The standard InChI is InChI=1S/C24H27N3O7/c1-13(2)33-22-17(27(30)31)11-16(12-18(22)32-5)21-19(23(28)34-14(3)4)20(25-24(29)26-21)15-9-7-6-8-10-15/h6-14,21H,1-5H3,(H2,25,26,29). The Morgan fingerprint density at radius 2 is 1.76 bits per heavy atom. The first kappa shape index (κ1) is 24.6. The van der Waals surface area contributed by atoms with Gasteiger partial charge in [0.15, 0.2) is 5.75 Å². The number of rotatable bonds is 8. The summed E-state index contributed by atoms with van der Waals surface area (Å²) in [4.78, 5) is 37.1. The summed E-state index contributed by atoms with van der Waals surface area (Å²) in [6.45, 7) is 6.88. The van der Waals surface area contributed by atoms with Gasteiger partial charge in [-0.05, 0) is 44.9 Å². The molecule has 2 N–H and O–H groups in total. The molecule has 0 fully saturated rings. The molecular formula is C24H27N3O7. The summed E-state index contributed by atoms with van der Waals surface area (Å²) in [6, 6.07) is 9.97. The molecule has 0 radical (unpaired) electrons. The Hall–Kier alpha value is -4.08. The first-order chi connectivity index (χ1) is 16.1. The Kier molecular flexibility index (Phi) is 7.40. The molecule has 0 saturated carbocycles. The molecule has 1 aliphatic rings. The van der Waals surface area contributed by atoms with Gasteiger partial charge in [-0.25, -0.2) is 9.59 Å². The molecule has 180 valence electrons. The van der Waals surface area contributed by atoms with Gasteiger partial charge in [-0.15, -0.1) is 0 Å². The van der Waals surface area contributed by atoms with Gasteiger partial charge in [0.2, 0.25) is 5.75 Å². The van der Waals surface area contributed by atoms with E-state index >= 15 is 0 Å². The van der Waals surface area contributed by atoms with Crippen molar-refractivity contribution >= 4 is 23.4 Å². The number of nitrogens with one attached hydrogen (secondary N) is 2. The molecule has 10 heteroatoms. The Morgan fingerprint density at radius 1 is 1.09 bits per heavy atom. The SMILES string of the molecule is COc1cc(C2NC(=O)NC(c3ccccc3)=C2C(=O)OC(C)C)cc([N+](=O)[O-])c1OC(C)C. The second-order valence-electron chi connectivity index (χ2n) is 8.14. The van der Waals surface area contributed by atoms with E-state index in [2.05, 4.69) is 10.6 Å². The molecule has 34 heavy (non-hydrogen) atoms. The van der Waals surface area contributed by atoms with Crippen LogP contribution in [-0.4, -0.2) is 36.2 Å². The van der Waals surface area contributed by atoms with Crippen LogP contribution in [0.25, 0.3) is 5.70 Å². The van der Waals surface area contributed by atoms with Crippen molar-refractivity contribution in [3.05, 3.63) is 69.3 Å². The number of nitro benzene ring substituents is 1. The van der Waals surface area contributed by atoms with E-state index in [1.807, 2.05) is 0 Å². The van der Waals surface area contributed by atoms with E-state index in [0.717, 1.165) is 0 Å². The van der Waals surface area contributed by atoms with Crippen LogP contribution >= 0.6 is 0 Å². The monoisotopic (exact) mass is 469 g/mol. The highest BCUT2D eigenvalue weighted by molar-refractivity contribution is 6.04. The van der Waals surface area contributed by atoms with Crippen molar-refractivity contribution in [2.24, 2.45) is 0 Å². The fourth-order valence-electron chi connectivity index (χ4n) is 3.56. The second-order valence-corrected chi connectivity index (χ2v) is 8.14. The molecule has 0 aliphatic carbocycles. The number of nitrogens with zero attached hydrogens (tertiary/aromatic N) is 1. The van der Waals surface area contributed by atoms with Gasteiger partial charge < -0.3 is 24.8 Å². The molecule has 2 amide bonds. The Balaban J connectivity index is 2.26. The molecular weight excluding hydrogens is 442 g/mol. The van der Waals surface area contributed by atoms with Gasteiger partial charge >= 0.3 is 17.7 Å². The Bertz CT molecular complexity index is 1130. The van der Waals surface area contributed by atoms with E-state index in [0.29, 0.717) is 5.56 Å². The third-order valence-corrected chi connectivity index (χ3v) is 4.86. The van der Waals surface area contributed by atoms with Crippen LogP contribution in [0.4, 0.5) is 10.5 Å². The summed E-state index contributed by atoms with van der Waals surface area (Å²) in [5, 5.41) is 17.2. The van der Waals surface area contributed by atoms with E-state index in [1.54, 1.807) is 58.0 Å². The highest BCUT2D eigenvalue weighted by atomic mass is 16.6. The van der Waals surface area contributed by atoms with Crippen molar-refractivity contribution in [2.45, 2.75) is 45.9 Å². The smallest absolute Gasteiger partial charge is 0.338 e. The van der Waals surface area contributed by atoms with Crippen LogP contribution in [-0.2, 0) is 9.53 Å². The number of methoxy groups -OCH3 is 1. The Morgan fingerprint density at radius 3 is 2.32 bits per heavy atom. The fourth-order valence-corrected chi connectivity index (χ4v) is 3.56. The normalized spacial score (nSPS) is 15.6. The highest BCUT2D eigenvalue weighted by Gasteiger charge is 2.37. The zero-order valence-electron chi connectivity index (χ0n) is 19.6. The number of ether oxygens (including phenoxy) is 3. The average Bonchev–Trinajstić information content (AvgIpc) is 2.78. The van der Waals surface area contributed by atoms with Gasteiger partial charge in [0.1, 0.15) is 0 Å². The van der Waals surface area contributed by atoms with Gasteiger partial charge in [0.25, 0.3) is 0 Å². The van der Waals surface area contributed by atoms with Crippen molar-refractivity contribution < 1.29 is 28.7 Å². The lowest BCUT2D eigenvalue weighted by Gasteiger charge is -2.30. The van der Waals surface area contributed by atoms with Crippen LogP contribution in [0.2, 0.25) is 0 Å². The fraction of sp³-hybridized carbons (Fsp3) is 0.333. The number of nitro groups is 1. The van der Waals surface area contributed by atoms with Gasteiger partial charge in [-0.1, -0.05) is 30.3 Å². The van der Waals surface area contributed by atoms with Crippen molar-refractivity contribution in [3.63, 3.8) is 0 Å². The van der Waals surface area contributed by atoms with Crippen molar-refractivity contribution in [1.29, 1.82) is 0 Å². The van der Waals surface area contributed by atoms with E-state index in [1.165, 1.54) is 19.2 Å². The molecule has 0 saturated heterocycles. The lowest BCUT2D eigenvalue weighted by molar-refractivity contribution is -0.386. The van der Waals surface area contributed by atoms with Gasteiger partial charge in [-0.2, -0.15) is 0 Å². The highest BCUT2D eigenvalue weighted by Crippen LogP contribution is 2.43. The molecule has 1 aliphatic heterocycles. The summed E-state index contributed by atoms with van der Waals surface area (Å²) in [5.74, 6) is -0.607. The number of carbonyl (C=O) groups excluding carboxylic acids is 2. The molecule has 2 aromatic rings. The molecule has 0 bridgehead atoms. The van der Waals surface area contributed by atoms with Crippen LogP contribution in [0.15, 0.2) is 48.0 Å². The van der Waals surface area contributed by atoms with Crippen molar-refractivity contribution in [3.8, 4) is 11.5 Å².